The maximum atomic E-state index is 13.0. The van der Waals surface area contributed by atoms with Gasteiger partial charge in [0, 0.05) is 31.3 Å². The average Bonchev–Trinajstić information content (AvgIpc) is 3.34. The fourth-order valence-corrected chi connectivity index (χ4v) is 4.87. The van der Waals surface area contributed by atoms with Crippen LogP contribution in [0.2, 0.25) is 0 Å². The van der Waals surface area contributed by atoms with E-state index in [-0.39, 0.29) is 5.56 Å². The number of rotatable bonds is 7. The maximum absolute atomic E-state index is 13.0. The molecule has 2 aromatic heterocycles. The summed E-state index contributed by atoms with van der Waals surface area (Å²) >= 11 is 0. The van der Waals surface area contributed by atoms with Gasteiger partial charge < -0.3 is 24.3 Å². The molecule has 3 aromatic carbocycles. The van der Waals surface area contributed by atoms with Gasteiger partial charge in [-0.05, 0) is 11.6 Å². The Morgan fingerprint density at radius 2 is 1.63 bits per heavy atom. The highest BCUT2D eigenvalue weighted by Crippen LogP contribution is 2.33. The van der Waals surface area contributed by atoms with E-state index in [1.807, 2.05) is 36.4 Å². The minimum absolute atomic E-state index is 0.227. The fraction of sp³-hybridized carbons (Fsp3) is 0.207. The molecule has 5 aromatic rings. The van der Waals surface area contributed by atoms with Crippen LogP contribution in [0.15, 0.2) is 77.6 Å². The highest BCUT2D eigenvalue weighted by molar-refractivity contribution is 5.83. The molecule has 0 atom stereocenters. The van der Waals surface area contributed by atoms with E-state index in [1.54, 1.807) is 26.4 Å². The highest BCUT2D eigenvalue weighted by Gasteiger charge is 2.26. The first-order chi connectivity index (χ1) is 18.6. The molecule has 2 N–H and O–H groups in total. The van der Waals surface area contributed by atoms with E-state index >= 15 is 0 Å². The molecule has 3 heterocycles. The van der Waals surface area contributed by atoms with Crippen molar-refractivity contribution < 1.29 is 9.47 Å². The molecule has 0 fully saturated rings. The summed E-state index contributed by atoms with van der Waals surface area (Å²) in [5.41, 5.74) is 3.48. The lowest BCUT2D eigenvalue weighted by atomic mass is 10.1. The number of aromatic nitrogens is 4. The Kier molecular flexibility index (Phi) is 6.17. The molecular formula is C29H28N6O3. The van der Waals surface area contributed by atoms with Gasteiger partial charge in [0.25, 0.3) is 5.56 Å². The van der Waals surface area contributed by atoms with Crippen LogP contribution in [-0.4, -0.2) is 40.3 Å². The van der Waals surface area contributed by atoms with Crippen molar-refractivity contribution >= 4 is 22.7 Å². The van der Waals surface area contributed by atoms with Crippen LogP contribution in [0.4, 0.5) is 11.8 Å². The zero-order chi connectivity index (χ0) is 26.1. The monoisotopic (exact) mass is 508 g/mol. The normalized spacial score (nSPS) is 12.8. The molecule has 0 spiro atoms. The van der Waals surface area contributed by atoms with Crippen LogP contribution in [0.1, 0.15) is 11.4 Å². The van der Waals surface area contributed by atoms with Crippen molar-refractivity contribution in [1.82, 2.24) is 19.5 Å². The lowest BCUT2D eigenvalue weighted by Crippen LogP contribution is -2.36. The number of fused-ring (bicyclic) bond motifs is 2. The first-order valence-electron chi connectivity index (χ1n) is 12.5. The molecule has 0 saturated heterocycles. The minimum atomic E-state index is -0.227. The summed E-state index contributed by atoms with van der Waals surface area (Å²) in [6.07, 6.45) is 0. The van der Waals surface area contributed by atoms with Crippen molar-refractivity contribution in [3.05, 3.63) is 94.5 Å². The molecule has 0 bridgehead atoms. The van der Waals surface area contributed by atoms with Gasteiger partial charge >= 0.3 is 0 Å². The van der Waals surface area contributed by atoms with Crippen LogP contribution in [0, 0.1) is 0 Å². The third-order valence-corrected chi connectivity index (χ3v) is 6.82. The van der Waals surface area contributed by atoms with Gasteiger partial charge in [-0.3, -0.25) is 9.78 Å². The molecule has 0 unspecified atom stereocenters. The number of hydrogen-bond donors (Lipinski definition) is 2. The molecule has 0 saturated carbocycles. The van der Waals surface area contributed by atoms with Crippen molar-refractivity contribution in [3.63, 3.8) is 0 Å². The predicted molar refractivity (Wildman–Crippen MR) is 148 cm³/mol. The summed E-state index contributed by atoms with van der Waals surface area (Å²) in [6.45, 7) is 2.56. The lowest BCUT2D eigenvalue weighted by Gasteiger charge is -2.29. The molecule has 1 aliphatic rings. The SMILES string of the molecule is COc1cc2nc(N3CCn4c(nc(-c5ccccc5)c4NCc4ccccc4)C3)[nH]c(=O)c2cc1OC. The van der Waals surface area contributed by atoms with Gasteiger partial charge in [-0.25, -0.2) is 9.97 Å². The quantitative estimate of drug-likeness (QED) is 0.336. The molecule has 0 amide bonds. The zero-order valence-corrected chi connectivity index (χ0v) is 21.3. The number of benzene rings is 3. The van der Waals surface area contributed by atoms with Crippen LogP contribution in [-0.2, 0) is 19.6 Å². The van der Waals surface area contributed by atoms with Crippen molar-refractivity contribution in [2.45, 2.75) is 19.6 Å². The zero-order valence-electron chi connectivity index (χ0n) is 21.3. The van der Waals surface area contributed by atoms with Crippen molar-refractivity contribution in [2.75, 3.05) is 31.0 Å². The Bertz CT molecular complexity index is 1650. The summed E-state index contributed by atoms with van der Waals surface area (Å²) < 4.78 is 13.0. The van der Waals surface area contributed by atoms with Gasteiger partial charge in [0.05, 0.1) is 31.7 Å². The fourth-order valence-electron chi connectivity index (χ4n) is 4.87. The molecule has 0 radical (unpaired) electrons. The number of nitrogens with one attached hydrogen (secondary N) is 2. The predicted octanol–water partition coefficient (Wildman–Crippen LogP) is 4.44. The number of hydrogen-bond acceptors (Lipinski definition) is 7. The van der Waals surface area contributed by atoms with Gasteiger partial charge in [0.15, 0.2) is 11.5 Å². The second-order valence-corrected chi connectivity index (χ2v) is 9.12. The van der Waals surface area contributed by atoms with Gasteiger partial charge in [0.2, 0.25) is 5.95 Å². The highest BCUT2D eigenvalue weighted by atomic mass is 16.5. The number of methoxy groups -OCH3 is 2. The molecule has 192 valence electrons. The minimum Gasteiger partial charge on any atom is -0.493 e. The van der Waals surface area contributed by atoms with Gasteiger partial charge in [-0.1, -0.05) is 60.7 Å². The van der Waals surface area contributed by atoms with E-state index in [0.717, 1.165) is 22.9 Å². The van der Waals surface area contributed by atoms with E-state index in [9.17, 15) is 4.79 Å². The van der Waals surface area contributed by atoms with Crippen molar-refractivity contribution in [2.24, 2.45) is 0 Å². The van der Waals surface area contributed by atoms with Crippen LogP contribution in [0.25, 0.3) is 22.2 Å². The topological polar surface area (TPSA) is 97.3 Å². The van der Waals surface area contributed by atoms with Crippen molar-refractivity contribution in [1.29, 1.82) is 0 Å². The summed E-state index contributed by atoms with van der Waals surface area (Å²) in [7, 11) is 3.11. The van der Waals surface area contributed by atoms with E-state index in [1.165, 1.54) is 5.56 Å². The summed E-state index contributed by atoms with van der Waals surface area (Å²) in [6, 6.07) is 23.9. The third kappa shape index (κ3) is 4.32. The standard InChI is InChI=1S/C29H28N6O3/c1-37-23-15-21-22(16-24(23)38-2)31-29(33-28(21)36)34-13-14-35-25(18-34)32-26(20-11-7-4-8-12-20)27(35)30-17-19-9-5-3-6-10-19/h3-12,15-16,30H,13-14,17-18H2,1-2H3,(H,31,33,36). The molecule has 38 heavy (non-hydrogen) atoms. The lowest BCUT2D eigenvalue weighted by molar-refractivity contribution is 0.355. The number of ether oxygens (including phenoxy) is 2. The number of imidazole rings is 1. The Hall–Kier alpha value is -4.79. The molecule has 6 rings (SSSR count). The number of nitrogens with zero attached hydrogens (tertiary/aromatic N) is 4. The van der Waals surface area contributed by atoms with E-state index < -0.39 is 0 Å². The van der Waals surface area contributed by atoms with E-state index in [0.29, 0.717) is 54.5 Å². The summed E-state index contributed by atoms with van der Waals surface area (Å²) in [5.74, 6) is 3.42. The molecule has 1 aliphatic heterocycles. The third-order valence-electron chi connectivity index (χ3n) is 6.82. The van der Waals surface area contributed by atoms with Gasteiger partial charge in [-0.2, -0.15) is 0 Å². The van der Waals surface area contributed by atoms with Crippen LogP contribution in [0.5, 0.6) is 11.5 Å². The number of anilines is 2. The van der Waals surface area contributed by atoms with Crippen LogP contribution >= 0.6 is 0 Å². The largest absolute Gasteiger partial charge is 0.493 e. The number of H-pyrrole nitrogens is 1. The van der Waals surface area contributed by atoms with Gasteiger partial charge in [-0.15, -0.1) is 0 Å². The summed E-state index contributed by atoms with van der Waals surface area (Å²) in [4.78, 5) is 27.8. The molecule has 9 nitrogen and oxygen atoms in total. The molecular weight excluding hydrogens is 480 g/mol. The Balaban J connectivity index is 1.35. The first kappa shape index (κ1) is 23.6. The first-order valence-corrected chi connectivity index (χ1v) is 12.5. The smallest absolute Gasteiger partial charge is 0.260 e. The van der Waals surface area contributed by atoms with Crippen LogP contribution < -0.4 is 25.2 Å². The number of aromatic amines is 1. The Morgan fingerprint density at radius 1 is 0.921 bits per heavy atom. The second-order valence-electron chi connectivity index (χ2n) is 9.12. The van der Waals surface area contributed by atoms with E-state index in [2.05, 4.69) is 44.0 Å². The Morgan fingerprint density at radius 3 is 2.37 bits per heavy atom. The average molecular weight is 509 g/mol. The molecule has 9 heteroatoms. The molecule has 0 aliphatic carbocycles. The van der Waals surface area contributed by atoms with Crippen molar-refractivity contribution in [3.8, 4) is 22.8 Å². The maximum Gasteiger partial charge on any atom is 0.260 e. The van der Waals surface area contributed by atoms with E-state index in [4.69, 9.17) is 19.4 Å². The Labute approximate surface area is 219 Å². The second kappa shape index (κ2) is 9.93. The van der Waals surface area contributed by atoms with Gasteiger partial charge in [0.1, 0.15) is 17.3 Å². The summed E-state index contributed by atoms with van der Waals surface area (Å²) in [5, 5.41) is 4.08. The van der Waals surface area contributed by atoms with Crippen LogP contribution in [0.3, 0.4) is 0 Å².